The molecular weight excluding hydrogens is 178 g/mol. The summed E-state index contributed by atoms with van der Waals surface area (Å²) in [5, 5.41) is 8.51. The van der Waals surface area contributed by atoms with Gasteiger partial charge in [0.2, 0.25) is 0 Å². The number of pyridine rings is 1. The number of rotatable bonds is 3. The minimum absolute atomic E-state index is 0.452. The van der Waals surface area contributed by atoms with Crippen LogP contribution in [0.2, 0.25) is 0 Å². The molecule has 0 atom stereocenters. The van der Waals surface area contributed by atoms with E-state index < -0.39 is 0 Å². The SMILES string of the molecule is ONCc1ccc(N2CCCC2)nc1. The van der Waals surface area contributed by atoms with Crippen molar-refractivity contribution in [2.24, 2.45) is 0 Å². The van der Waals surface area contributed by atoms with Crippen LogP contribution >= 0.6 is 0 Å². The molecule has 1 fully saturated rings. The van der Waals surface area contributed by atoms with Gasteiger partial charge in [-0.3, -0.25) is 0 Å². The van der Waals surface area contributed by atoms with E-state index in [-0.39, 0.29) is 0 Å². The van der Waals surface area contributed by atoms with Gasteiger partial charge in [0, 0.05) is 25.8 Å². The van der Waals surface area contributed by atoms with Crippen LogP contribution in [-0.4, -0.2) is 23.3 Å². The molecule has 4 nitrogen and oxygen atoms in total. The van der Waals surface area contributed by atoms with E-state index in [0.717, 1.165) is 24.5 Å². The average Bonchev–Trinajstić information content (AvgIpc) is 2.72. The maximum atomic E-state index is 8.51. The minimum atomic E-state index is 0.452. The van der Waals surface area contributed by atoms with Crippen molar-refractivity contribution >= 4 is 5.82 Å². The third-order valence-corrected chi connectivity index (χ3v) is 2.52. The van der Waals surface area contributed by atoms with Gasteiger partial charge in [0.05, 0.1) is 0 Å². The first kappa shape index (κ1) is 9.43. The summed E-state index contributed by atoms with van der Waals surface area (Å²) in [6.07, 6.45) is 4.33. The second-order valence-corrected chi connectivity index (χ2v) is 3.55. The number of aromatic nitrogens is 1. The zero-order valence-corrected chi connectivity index (χ0v) is 8.11. The van der Waals surface area contributed by atoms with Gasteiger partial charge >= 0.3 is 0 Å². The zero-order valence-electron chi connectivity index (χ0n) is 8.11. The Balaban J connectivity index is 2.05. The molecule has 1 saturated heterocycles. The predicted molar refractivity (Wildman–Crippen MR) is 54.3 cm³/mol. The average molecular weight is 193 g/mol. The third-order valence-electron chi connectivity index (χ3n) is 2.52. The number of hydrogen-bond donors (Lipinski definition) is 2. The van der Waals surface area contributed by atoms with Gasteiger partial charge in [0.25, 0.3) is 0 Å². The number of anilines is 1. The smallest absolute Gasteiger partial charge is 0.128 e. The molecule has 1 aromatic rings. The summed E-state index contributed by atoms with van der Waals surface area (Å²) in [4.78, 5) is 6.64. The van der Waals surface area contributed by atoms with Crippen molar-refractivity contribution in [1.29, 1.82) is 0 Å². The Hall–Kier alpha value is -1.13. The Labute approximate surface area is 83.5 Å². The van der Waals surface area contributed by atoms with Crippen molar-refractivity contribution < 1.29 is 5.21 Å². The van der Waals surface area contributed by atoms with Gasteiger partial charge in [-0.15, -0.1) is 0 Å². The first-order chi connectivity index (χ1) is 6.90. The molecular formula is C10H15N3O. The molecule has 1 aromatic heterocycles. The van der Waals surface area contributed by atoms with E-state index >= 15 is 0 Å². The van der Waals surface area contributed by atoms with Crippen LogP contribution in [0, 0.1) is 0 Å². The molecule has 1 aliphatic rings. The van der Waals surface area contributed by atoms with Crippen molar-refractivity contribution in [2.45, 2.75) is 19.4 Å². The van der Waals surface area contributed by atoms with Gasteiger partial charge in [0.1, 0.15) is 5.82 Å². The molecule has 2 N–H and O–H groups in total. The summed E-state index contributed by atoms with van der Waals surface area (Å²) >= 11 is 0. The van der Waals surface area contributed by atoms with E-state index in [2.05, 4.69) is 15.4 Å². The first-order valence-corrected chi connectivity index (χ1v) is 4.97. The molecule has 4 heteroatoms. The second-order valence-electron chi connectivity index (χ2n) is 3.55. The molecule has 1 aliphatic heterocycles. The van der Waals surface area contributed by atoms with Crippen LogP contribution in [0.4, 0.5) is 5.82 Å². The normalized spacial score (nSPS) is 16.2. The third kappa shape index (κ3) is 2.02. The van der Waals surface area contributed by atoms with Gasteiger partial charge in [-0.05, 0) is 24.5 Å². The molecule has 2 rings (SSSR count). The van der Waals surface area contributed by atoms with Gasteiger partial charge in [-0.25, -0.2) is 10.5 Å². The summed E-state index contributed by atoms with van der Waals surface area (Å²) in [6.45, 7) is 2.68. The predicted octanol–water partition coefficient (Wildman–Crippen LogP) is 1.16. The fourth-order valence-electron chi connectivity index (χ4n) is 1.75. The summed E-state index contributed by atoms with van der Waals surface area (Å²) in [5.74, 6) is 1.05. The molecule has 0 amide bonds. The summed E-state index contributed by atoms with van der Waals surface area (Å²) in [7, 11) is 0. The Morgan fingerprint density at radius 2 is 2.14 bits per heavy atom. The highest BCUT2D eigenvalue weighted by Crippen LogP contribution is 2.17. The van der Waals surface area contributed by atoms with Crippen LogP contribution in [0.25, 0.3) is 0 Å². The monoisotopic (exact) mass is 193 g/mol. The van der Waals surface area contributed by atoms with E-state index in [4.69, 9.17) is 5.21 Å². The van der Waals surface area contributed by atoms with Gasteiger partial charge in [-0.1, -0.05) is 6.07 Å². The molecule has 0 aliphatic carbocycles. The minimum Gasteiger partial charge on any atom is -0.357 e. The number of nitrogens with zero attached hydrogens (tertiary/aromatic N) is 2. The molecule has 0 bridgehead atoms. The van der Waals surface area contributed by atoms with Crippen LogP contribution in [0.3, 0.4) is 0 Å². The standard InChI is InChI=1S/C10H15N3O/c14-12-8-9-3-4-10(11-7-9)13-5-1-2-6-13/h3-4,7,12,14H,1-2,5-6,8H2. The molecule has 0 saturated carbocycles. The highest BCUT2D eigenvalue weighted by Gasteiger charge is 2.12. The quantitative estimate of drug-likeness (QED) is 0.707. The van der Waals surface area contributed by atoms with Gasteiger partial charge in [0.15, 0.2) is 0 Å². The lowest BCUT2D eigenvalue weighted by atomic mass is 10.3. The van der Waals surface area contributed by atoms with Crippen molar-refractivity contribution in [3.8, 4) is 0 Å². The highest BCUT2D eigenvalue weighted by atomic mass is 16.5. The number of nitrogens with one attached hydrogen (secondary N) is 1. The van der Waals surface area contributed by atoms with Crippen LogP contribution in [0.15, 0.2) is 18.3 Å². The maximum Gasteiger partial charge on any atom is 0.128 e. The maximum absolute atomic E-state index is 8.51. The van der Waals surface area contributed by atoms with Crippen molar-refractivity contribution in [1.82, 2.24) is 10.5 Å². The van der Waals surface area contributed by atoms with E-state index in [1.807, 2.05) is 12.1 Å². The van der Waals surface area contributed by atoms with E-state index in [1.165, 1.54) is 12.8 Å². The summed E-state index contributed by atoms with van der Waals surface area (Å²) in [6, 6.07) is 4.00. The van der Waals surface area contributed by atoms with E-state index in [1.54, 1.807) is 6.20 Å². The Kier molecular flexibility index (Phi) is 2.96. The Morgan fingerprint density at radius 3 is 2.71 bits per heavy atom. The second kappa shape index (κ2) is 4.39. The van der Waals surface area contributed by atoms with Crippen LogP contribution in [0.1, 0.15) is 18.4 Å². The van der Waals surface area contributed by atoms with Crippen LogP contribution in [-0.2, 0) is 6.54 Å². The lowest BCUT2D eigenvalue weighted by Crippen LogP contribution is -2.19. The van der Waals surface area contributed by atoms with Crippen molar-refractivity contribution in [3.63, 3.8) is 0 Å². The van der Waals surface area contributed by atoms with Gasteiger partial charge in [-0.2, -0.15) is 0 Å². The lowest BCUT2D eigenvalue weighted by molar-refractivity contribution is 0.161. The molecule has 76 valence electrons. The largest absolute Gasteiger partial charge is 0.357 e. The summed E-state index contributed by atoms with van der Waals surface area (Å²) in [5.41, 5.74) is 3.12. The molecule has 0 spiro atoms. The first-order valence-electron chi connectivity index (χ1n) is 4.97. The zero-order chi connectivity index (χ0) is 9.80. The highest BCUT2D eigenvalue weighted by molar-refractivity contribution is 5.40. The molecule has 2 heterocycles. The van der Waals surface area contributed by atoms with Gasteiger partial charge < -0.3 is 10.1 Å². The molecule has 0 unspecified atom stereocenters. The number of hydroxylamine groups is 1. The van der Waals surface area contributed by atoms with E-state index in [0.29, 0.717) is 6.54 Å². The fourth-order valence-corrected chi connectivity index (χ4v) is 1.75. The summed E-state index contributed by atoms with van der Waals surface area (Å²) < 4.78 is 0. The van der Waals surface area contributed by atoms with Crippen molar-refractivity contribution in [3.05, 3.63) is 23.9 Å². The Morgan fingerprint density at radius 1 is 1.36 bits per heavy atom. The van der Waals surface area contributed by atoms with Crippen LogP contribution in [0.5, 0.6) is 0 Å². The molecule has 0 radical (unpaired) electrons. The fraction of sp³-hybridized carbons (Fsp3) is 0.500. The Bertz CT molecular complexity index is 280. The van der Waals surface area contributed by atoms with Crippen molar-refractivity contribution in [2.75, 3.05) is 18.0 Å². The molecule has 14 heavy (non-hydrogen) atoms. The topological polar surface area (TPSA) is 48.4 Å². The number of hydrogen-bond acceptors (Lipinski definition) is 4. The van der Waals surface area contributed by atoms with Crippen LogP contribution < -0.4 is 10.4 Å². The lowest BCUT2D eigenvalue weighted by Gasteiger charge is -2.16. The molecule has 0 aromatic carbocycles. The van der Waals surface area contributed by atoms with E-state index in [9.17, 15) is 0 Å².